The summed E-state index contributed by atoms with van der Waals surface area (Å²) in [6.45, 7) is 1.25. The first-order chi connectivity index (χ1) is 17.9. The number of anilines is 1. The van der Waals surface area contributed by atoms with Gasteiger partial charge in [-0.2, -0.15) is 0 Å². The van der Waals surface area contributed by atoms with Gasteiger partial charge in [-0.25, -0.2) is 9.29 Å². The van der Waals surface area contributed by atoms with Gasteiger partial charge in [0, 0.05) is 23.9 Å². The van der Waals surface area contributed by atoms with E-state index in [9.17, 15) is 23.6 Å². The molecule has 2 saturated heterocycles. The lowest BCUT2D eigenvalue weighted by atomic mass is 9.83. The third kappa shape index (κ3) is 4.12. The predicted octanol–water partition coefficient (Wildman–Crippen LogP) is 3.86. The van der Waals surface area contributed by atoms with Crippen LogP contribution in [0, 0.1) is 11.7 Å². The van der Waals surface area contributed by atoms with Gasteiger partial charge >= 0.3 is 4.87 Å². The molecule has 3 atom stereocenters. The third-order valence-electron chi connectivity index (χ3n) is 7.29. The van der Waals surface area contributed by atoms with Crippen LogP contribution >= 0.6 is 23.1 Å². The zero-order chi connectivity index (χ0) is 25.7. The molecule has 3 amide bonds. The Morgan fingerprint density at radius 2 is 1.62 bits per heavy atom. The van der Waals surface area contributed by atoms with Crippen LogP contribution in [-0.4, -0.2) is 45.5 Å². The maximum atomic E-state index is 13.8. The molecule has 0 unspecified atom stereocenters. The van der Waals surface area contributed by atoms with Crippen LogP contribution in [0.4, 0.5) is 10.1 Å². The van der Waals surface area contributed by atoms with Gasteiger partial charge in [-0.3, -0.25) is 23.7 Å². The molecule has 7 nitrogen and oxygen atoms in total. The van der Waals surface area contributed by atoms with Crippen molar-refractivity contribution < 1.29 is 18.8 Å². The molecule has 190 valence electrons. The summed E-state index contributed by atoms with van der Waals surface area (Å²) in [6, 6.07) is 14.6. The number of rotatable bonds is 4. The van der Waals surface area contributed by atoms with Crippen LogP contribution in [0.3, 0.4) is 0 Å². The second kappa shape index (κ2) is 9.57. The molecule has 0 spiro atoms. The fourth-order valence-corrected chi connectivity index (χ4v) is 8.27. The number of thioether (sulfide) groups is 1. The summed E-state index contributed by atoms with van der Waals surface area (Å²) in [5.74, 6) is -2.58. The van der Waals surface area contributed by atoms with Crippen LogP contribution in [0.5, 0.6) is 0 Å². The minimum Gasteiger partial charge on any atom is -0.341 e. The summed E-state index contributed by atoms with van der Waals surface area (Å²) in [5, 5.41) is -0.215. The molecule has 0 aliphatic carbocycles. The molecule has 3 aliphatic rings. The van der Waals surface area contributed by atoms with Crippen molar-refractivity contribution in [1.29, 1.82) is 0 Å². The van der Waals surface area contributed by atoms with Crippen molar-refractivity contribution in [2.45, 2.75) is 42.0 Å². The molecule has 37 heavy (non-hydrogen) atoms. The Bertz CT molecular complexity index is 1430. The molecule has 0 bridgehead atoms. The smallest absolute Gasteiger partial charge is 0.308 e. The number of imide groups is 1. The van der Waals surface area contributed by atoms with E-state index in [1.54, 1.807) is 41.3 Å². The molecule has 2 fully saturated rings. The van der Waals surface area contributed by atoms with Gasteiger partial charge in [-0.1, -0.05) is 53.4 Å². The second-order valence-electron chi connectivity index (χ2n) is 9.51. The van der Waals surface area contributed by atoms with E-state index in [4.69, 9.17) is 0 Å². The van der Waals surface area contributed by atoms with E-state index in [0.717, 1.165) is 30.6 Å². The van der Waals surface area contributed by atoms with Crippen LogP contribution in [0.15, 0.2) is 64.4 Å². The number of halogens is 1. The Kier molecular flexibility index (Phi) is 6.24. The zero-order valence-electron chi connectivity index (χ0n) is 19.8. The van der Waals surface area contributed by atoms with Crippen LogP contribution in [0.1, 0.15) is 35.6 Å². The highest BCUT2D eigenvalue weighted by molar-refractivity contribution is 8.00. The zero-order valence-corrected chi connectivity index (χ0v) is 21.5. The quantitative estimate of drug-likeness (QED) is 0.473. The lowest BCUT2D eigenvalue weighted by Gasteiger charge is -2.31. The van der Waals surface area contributed by atoms with Crippen molar-refractivity contribution in [1.82, 2.24) is 9.47 Å². The van der Waals surface area contributed by atoms with Crippen LogP contribution in [0.25, 0.3) is 0 Å². The number of benzene rings is 2. The average molecular weight is 538 g/mol. The molecule has 0 N–H and O–H groups in total. The van der Waals surface area contributed by atoms with Gasteiger partial charge in [0.25, 0.3) is 0 Å². The number of para-hydroxylation sites is 1. The molecular formula is C27H24FN3O4S2. The summed E-state index contributed by atoms with van der Waals surface area (Å²) in [7, 11) is 0. The first-order valence-corrected chi connectivity index (χ1v) is 14.0. The van der Waals surface area contributed by atoms with Crippen molar-refractivity contribution in [2.24, 2.45) is 5.92 Å². The highest BCUT2D eigenvalue weighted by atomic mass is 32.2. The fraction of sp³-hybridized carbons (Fsp3) is 0.333. The predicted molar refractivity (Wildman–Crippen MR) is 139 cm³/mol. The van der Waals surface area contributed by atoms with Crippen molar-refractivity contribution in [3.05, 3.63) is 80.5 Å². The number of fused-ring (bicyclic) bond motifs is 2. The van der Waals surface area contributed by atoms with Gasteiger partial charge in [-0.15, -0.1) is 0 Å². The monoisotopic (exact) mass is 537 g/mol. The van der Waals surface area contributed by atoms with Crippen molar-refractivity contribution >= 4 is 46.5 Å². The van der Waals surface area contributed by atoms with Crippen molar-refractivity contribution in [3.8, 4) is 0 Å². The summed E-state index contributed by atoms with van der Waals surface area (Å²) in [5.41, 5.74) is 1.15. The van der Waals surface area contributed by atoms with Gasteiger partial charge in [0.2, 0.25) is 17.7 Å². The highest BCUT2D eigenvalue weighted by Gasteiger charge is 2.56. The molecule has 2 aromatic carbocycles. The highest BCUT2D eigenvalue weighted by Crippen LogP contribution is 2.53. The third-order valence-corrected chi connectivity index (χ3v) is 9.90. The first kappa shape index (κ1) is 24.1. The van der Waals surface area contributed by atoms with Gasteiger partial charge in [0.15, 0.2) is 0 Å². The minimum atomic E-state index is -0.763. The van der Waals surface area contributed by atoms with Gasteiger partial charge in [0.1, 0.15) is 17.6 Å². The molecule has 3 aromatic rings. The number of thiazole rings is 1. The summed E-state index contributed by atoms with van der Waals surface area (Å²) in [6.07, 6.45) is 2.98. The lowest BCUT2D eigenvalue weighted by molar-refractivity contribution is -0.133. The maximum Gasteiger partial charge on any atom is 0.308 e. The number of hydrogen-bond acceptors (Lipinski definition) is 6. The Morgan fingerprint density at radius 3 is 2.32 bits per heavy atom. The Labute approximate surface area is 220 Å². The Hall–Kier alpha value is -3.24. The topological polar surface area (TPSA) is 79.7 Å². The standard InChI is InChI=1S/C27H24FN3O4S2/c28-17-11-9-16(10-12-17)20-21-22(25(34)31(24(21)33)18-7-3-1-4-8-18)36-26-23(20)37-27(35)30(26)15-19(32)29-13-5-2-6-14-29/h1,3-4,7-12,20-22H,2,5-6,13-15H2/t20-,21-,22+/m0/s1. The number of hydrogen-bond donors (Lipinski definition) is 0. The number of piperidine rings is 1. The number of nitrogens with zero attached hydrogens (tertiary/aromatic N) is 3. The summed E-state index contributed by atoms with van der Waals surface area (Å²) >= 11 is 2.19. The molecule has 3 aliphatic heterocycles. The number of likely N-dealkylation sites (tertiary alicyclic amines) is 1. The summed E-state index contributed by atoms with van der Waals surface area (Å²) in [4.78, 5) is 57.0. The number of amides is 3. The van der Waals surface area contributed by atoms with E-state index in [-0.39, 0.29) is 29.1 Å². The number of carbonyl (C=O) groups is 3. The maximum absolute atomic E-state index is 13.8. The van der Waals surface area contributed by atoms with Gasteiger partial charge in [-0.05, 0) is 49.1 Å². The number of carbonyl (C=O) groups excluding carboxylic acids is 3. The van der Waals surface area contributed by atoms with E-state index in [0.29, 0.717) is 34.2 Å². The lowest BCUT2D eigenvalue weighted by Crippen LogP contribution is -2.39. The fourth-order valence-electron chi connectivity index (χ4n) is 5.49. The van der Waals surface area contributed by atoms with E-state index in [2.05, 4.69) is 0 Å². The molecule has 4 heterocycles. The van der Waals surface area contributed by atoms with Crippen LogP contribution in [-0.2, 0) is 20.9 Å². The average Bonchev–Trinajstić information content (AvgIpc) is 3.36. The Balaban J connectivity index is 1.44. The van der Waals surface area contributed by atoms with Gasteiger partial charge in [0.05, 0.1) is 16.6 Å². The molecule has 0 radical (unpaired) electrons. The molecule has 10 heteroatoms. The van der Waals surface area contributed by atoms with E-state index in [1.165, 1.54) is 33.4 Å². The van der Waals surface area contributed by atoms with E-state index in [1.807, 2.05) is 6.07 Å². The Morgan fingerprint density at radius 1 is 0.919 bits per heavy atom. The van der Waals surface area contributed by atoms with Crippen LogP contribution in [0.2, 0.25) is 0 Å². The normalized spacial score (nSPS) is 23.2. The molecule has 0 saturated carbocycles. The number of aromatic nitrogens is 1. The van der Waals surface area contributed by atoms with Gasteiger partial charge < -0.3 is 4.90 Å². The minimum absolute atomic E-state index is 0.101. The summed E-state index contributed by atoms with van der Waals surface area (Å²) < 4.78 is 15.3. The van der Waals surface area contributed by atoms with Crippen molar-refractivity contribution in [3.63, 3.8) is 0 Å². The van der Waals surface area contributed by atoms with Crippen LogP contribution < -0.4 is 9.77 Å². The second-order valence-corrected chi connectivity index (χ2v) is 11.6. The SMILES string of the molecule is O=C(Cn1c2c(sc1=O)[C@@H](c1ccc(F)cc1)[C@@H]1C(=O)N(c3ccccc3)C(=O)[C@@H]1S2)N1CCCCC1. The first-order valence-electron chi connectivity index (χ1n) is 12.3. The largest absolute Gasteiger partial charge is 0.341 e. The van der Waals surface area contributed by atoms with E-state index >= 15 is 0 Å². The van der Waals surface area contributed by atoms with E-state index < -0.39 is 22.9 Å². The molecule has 6 rings (SSSR count). The molecular weight excluding hydrogens is 513 g/mol. The van der Waals surface area contributed by atoms with Crippen molar-refractivity contribution in [2.75, 3.05) is 18.0 Å². The molecule has 1 aromatic heterocycles.